The van der Waals surface area contributed by atoms with Crippen LogP contribution < -0.4 is 5.32 Å². The van der Waals surface area contributed by atoms with Gasteiger partial charge >= 0.3 is 0 Å². The van der Waals surface area contributed by atoms with Crippen molar-refractivity contribution >= 4 is 0 Å². The molecule has 1 aromatic heterocycles. The van der Waals surface area contributed by atoms with Crippen molar-refractivity contribution < 1.29 is 0 Å². The highest BCUT2D eigenvalue weighted by Gasteiger charge is 2.12. The van der Waals surface area contributed by atoms with E-state index in [-0.39, 0.29) is 6.04 Å². The summed E-state index contributed by atoms with van der Waals surface area (Å²) in [6.07, 6.45) is 6.03. The Morgan fingerprint density at radius 2 is 2.11 bits per heavy atom. The number of aromatic amines is 1. The lowest BCUT2D eigenvalue weighted by atomic mass is 10.0. The third-order valence-electron chi connectivity index (χ3n) is 3.21. The molecule has 4 heteroatoms. The maximum Gasteiger partial charge on any atom is 0.141 e. The van der Waals surface area contributed by atoms with Crippen LogP contribution in [0.2, 0.25) is 0 Å². The fourth-order valence-corrected chi connectivity index (χ4v) is 2.19. The molecule has 1 atom stereocenters. The van der Waals surface area contributed by atoms with Crippen molar-refractivity contribution in [3.63, 3.8) is 0 Å². The van der Waals surface area contributed by atoms with Gasteiger partial charge in [-0.25, -0.2) is 4.98 Å². The molecule has 0 spiro atoms. The maximum atomic E-state index is 4.27. The van der Waals surface area contributed by atoms with E-state index in [4.69, 9.17) is 0 Å². The summed E-state index contributed by atoms with van der Waals surface area (Å²) >= 11 is 0. The van der Waals surface area contributed by atoms with E-state index in [2.05, 4.69) is 57.8 Å². The monoisotopic (exact) mass is 258 g/mol. The fraction of sp³-hybridized carbons (Fsp3) is 0.467. The summed E-state index contributed by atoms with van der Waals surface area (Å²) in [7, 11) is 0. The molecule has 0 fully saturated rings. The lowest BCUT2D eigenvalue weighted by Gasteiger charge is -2.15. The molecular weight excluding hydrogens is 236 g/mol. The van der Waals surface area contributed by atoms with Crippen molar-refractivity contribution in [1.29, 1.82) is 0 Å². The van der Waals surface area contributed by atoms with E-state index in [1.807, 2.05) is 0 Å². The van der Waals surface area contributed by atoms with Gasteiger partial charge < -0.3 is 5.32 Å². The van der Waals surface area contributed by atoms with Crippen molar-refractivity contribution in [1.82, 2.24) is 20.5 Å². The van der Waals surface area contributed by atoms with Gasteiger partial charge in [0.15, 0.2) is 0 Å². The number of benzene rings is 1. The zero-order valence-corrected chi connectivity index (χ0v) is 11.5. The Hall–Kier alpha value is -1.68. The number of H-pyrrole nitrogens is 1. The van der Waals surface area contributed by atoms with Crippen molar-refractivity contribution in [2.24, 2.45) is 0 Å². The van der Waals surface area contributed by atoms with Crippen LogP contribution in [0.5, 0.6) is 0 Å². The first kappa shape index (κ1) is 13.7. The summed E-state index contributed by atoms with van der Waals surface area (Å²) in [6.45, 7) is 3.19. The normalized spacial score (nSPS) is 12.5. The van der Waals surface area contributed by atoms with E-state index in [9.17, 15) is 0 Å². The molecular formula is C15H22N4. The van der Waals surface area contributed by atoms with Crippen molar-refractivity contribution in [2.75, 3.05) is 6.54 Å². The van der Waals surface area contributed by atoms with Gasteiger partial charge in [0.25, 0.3) is 0 Å². The van der Waals surface area contributed by atoms with E-state index in [0.717, 1.165) is 38.1 Å². The molecule has 1 unspecified atom stereocenters. The van der Waals surface area contributed by atoms with E-state index in [1.165, 1.54) is 5.56 Å². The van der Waals surface area contributed by atoms with Crippen LogP contribution in [-0.2, 0) is 6.42 Å². The van der Waals surface area contributed by atoms with Crippen molar-refractivity contribution in [3.05, 3.63) is 48.0 Å². The maximum absolute atomic E-state index is 4.27. The van der Waals surface area contributed by atoms with Gasteiger partial charge in [0.05, 0.1) is 6.04 Å². The molecule has 2 rings (SSSR count). The number of rotatable bonds is 8. The second kappa shape index (κ2) is 7.69. The Bertz CT molecular complexity index is 438. The van der Waals surface area contributed by atoms with Gasteiger partial charge in [0, 0.05) is 0 Å². The Balaban J connectivity index is 1.83. The van der Waals surface area contributed by atoms with Gasteiger partial charge in [0.1, 0.15) is 12.2 Å². The number of aromatic nitrogens is 3. The summed E-state index contributed by atoms with van der Waals surface area (Å²) in [5, 5.41) is 10.4. The highest BCUT2D eigenvalue weighted by molar-refractivity contribution is 5.14. The van der Waals surface area contributed by atoms with Crippen LogP contribution in [-0.4, -0.2) is 21.7 Å². The van der Waals surface area contributed by atoms with Crippen molar-refractivity contribution in [3.8, 4) is 0 Å². The summed E-state index contributed by atoms with van der Waals surface area (Å²) < 4.78 is 0. The third kappa shape index (κ3) is 4.48. The van der Waals surface area contributed by atoms with Gasteiger partial charge in [-0.3, -0.25) is 5.10 Å². The summed E-state index contributed by atoms with van der Waals surface area (Å²) in [5.74, 6) is 0.946. The molecule has 0 radical (unpaired) electrons. The van der Waals surface area contributed by atoms with E-state index in [0.29, 0.717) is 0 Å². The summed E-state index contributed by atoms with van der Waals surface area (Å²) in [6, 6.07) is 10.9. The quantitative estimate of drug-likeness (QED) is 0.765. The smallest absolute Gasteiger partial charge is 0.141 e. The average molecular weight is 258 g/mol. The molecule has 0 saturated carbocycles. The zero-order chi connectivity index (χ0) is 13.3. The third-order valence-corrected chi connectivity index (χ3v) is 3.21. The molecule has 0 amide bonds. The van der Waals surface area contributed by atoms with Gasteiger partial charge in [0.2, 0.25) is 0 Å². The minimum absolute atomic E-state index is 0.283. The number of aryl methyl sites for hydroxylation is 1. The number of nitrogens with zero attached hydrogens (tertiary/aromatic N) is 2. The van der Waals surface area contributed by atoms with Crippen molar-refractivity contribution in [2.45, 2.75) is 38.6 Å². The summed E-state index contributed by atoms with van der Waals surface area (Å²) in [5.41, 5.74) is 1.40. The first-order valence-corrected chi connectivity index (χ1v) is 7.02. The standard InChI is InChI=1S/C15H22N4/c1-2-11-16-14(15-17-12-18-19-15)10-6-9-13-7-4-3-5-8-13/h3-5,7-8,12,14,16H,2,6,9-11H2,1H3,(H,17,18,19). The molecule has 0 saturated heterocycles. The number of hydrogen-bond acceptors (Lipinski definition) is 3. The van der Waals surface area contributed by atoms with Crippen LogP contribution >= 0.6 is 0 Å². The first-order chi connectivity index (χ1) is 9.40. The molecule has 1 aromatic carbocycles. The van der Waals surface area contributed by atoms with E-state index < -0.39 is 0 Å². The topological polar surface area (TPSA) is 53.6 Å². The Kier molecular flexibility index (Phi) is 5.56. The largest absolute Gasteiger partial charge is 0.307 e. The number of hydrogen-bond donors (Lipinski definition) is 2. The highest BCUT2D eigenvalue weighted by atomic mass is 15.2. The number of nitrogens with one attached hydrogen (secondary N) is 2. The van der Waals surface area contributed by atoms with Gasteiger partial charge in [-0.15, -0.1) is 0 Å². The molecule has 1 heterocycles. The fourth-order valence-electron chi connectivity index (χ4n) is 2.19. The molecule has 4 nitrogen and oxygen atoms in total. The van der Waals surface area contributed by atoms with Crippen LogP contribution in [0.1, 0.15) is 43.6 Å². The molecule has 0 aliphatic carbocycles. The Morgan fingerprint density at radius 1 is 1.26 bits per heavy atom. The predicted octanol–water partition coefficient (Wildman–Crippen LogP) is 2.87. The first-order valence-electron chi connectivity index (χ1n) is 7.02. The van der Waals surface area contributed by atoms with E-state index in [1.54, 1.807) is 6.33 Å². The minimum Gasteiger partial charge on any atom is -0.307 e. The Labute approximate surface area is 114 Å². The minimum atomic E-state index is 0.283. The Morgan fingerprint density at radius 3 is 2.79 bits per heavy atom. The van der Waals surface area contributed by atoms with Gasteiger partial charge in [-0.2, -0.15) is 5.10 Å². The highest BCUT2D eigenvalue weighted by Crippen LogP contribution is 2.16. The summed E-state index contributed by atoms with van der Waals surface area (Å²) in [4.78, 5) is 4.27. The molecule has 0 aliphatic heterocycles. The second-order valence-electron chi connectivity index (χ2n) is 4.76. The van der Waals surface area contributed by atoms with Crippen LogP contribution in [0.3, 0.4) is 0 Å². The second-order valence-corrected chi connectivity index (χ2v) is 4.76. The molecule has 2 aromatic rings. The molecule has 0 bridgehead atoms. The van der Waals surface area contributed by atoms with Crippen LogP contribution in [0.4, 0.5) is 0 Å². The van der Waals surface area contributed by atoms with E-state index >= 15 is 0 Å². The SMILES string of the molecule is CCCNC(CCCc1ccccc1)c1ncn[nH]1. The average Bonchev–Trinajstić information content (AvgIpc) is 2.98. The van der Waals surface area contributed by atoms with Gasteiger partial charge in [-0.05, 0) is 37.8 Å². The molecule has 102 valence electrons. The lowest BCUT2D eigenvalue weighted by Crippen LogP contribution is -2.23. The van der Waals surface area contributed by atoms with Crippen LogP contribution in [0.15, 0.2) is 36.7 Å². The molecule has 0 aliphatic rings. The van der Waals surface area contributed by atoms with Crippen LogP contribution in [0.25, 0.3) is 0 Å². The molecule has 2 N–H and O–H groups in total. The molecule has 19 heavy (non-hydrogen) atoms. The lowest BCUT2D eigenvalue weighted by molar-refractivity contribution is 0.465. The predicted molar refractivity (Wildman–Crippen MR) is 76.8 cm³/mol. The van der Waals surface area contributed by atoms with Gasteiger partial charge in [-0.1, -0.05) is 37.3 Å². The zero-order valence-electron chi connectivity index (χ0n) is 11.5. The van der Waals surface area contributed by atoms with Crippen LogP contribution in [0, 0.1) is 0 Å².